The van der Waals surface area contributed by atoms with Crippen LogP contribution in [0.15, 0.2) is 30.3 Å². The number of hydrogen-bond donors (Lipinski definition) is 0. The lowest BCUT2D eigenvalue weighted by Gasteiger charge is -2.08. The first-order valence-corrected chi connectivity index (χ1v) is 5.27. The van der Waals surface area contributed by atoms with Gasteiger partial charge in [-0.1, -0.05) is 29.8 Å². The van der Waals surface area contributed by atoms with Gasteiger partial charge in [0.25, 0.3) is 0 Å². The quantitative estimate of drug-likeness (QED) is 0.689. The summed E-state index contributed by atoms with van der Waals surface area (Å²) < 4.78 is 5.36. The topological polar surface area (TPSA) is 25.4 Å². The molecule has 3 rings (SSSR count). The molecule has 1 atom stereocenters. The molecule has 2 heterocycles. The van der Waals surface area contributed by atoms with E-state index in [1.165, 1.54) is 0 Å². The van der Waals surface area contributed by atoms with Crippen LogP contribution in [0.1, 0.15) is 12.6 Å². The third-order valence-electron chi connectivity index (χ3n) is 2.76. The van der Waals surface area contributed by atoms with Crippen molar-refractivity contribution in [1.29, 1.82) is 0 Å². The lowest BCUT2D eigenvalue weighted by Crippen LogP contribution is -2.06. The molecule has 0 radical (unpaired) electrons. The Morgan fingerprint density at radius 2 is 2.13 bits per heavy atom. The van der Waals surface area contributed by atoms with Gasteiger partial charge in [0.05, 0.1) is 22.8 Å². The van der Waals surface area contributed by atoms with E-state index in [2.05, 4.69) is 4.98 Å². The molecule has 2 aromatic rings. The molecule has 1 fully saturated rings. The summed E-state index contributed by atoms with van der Waals surface area (Å²) in [6, 6.07) is 9.90. The third-order valence-corrected chi connectivity index (χ3v) is 3.04. The van der Waals surface area contributed by atoms with Crippen LogP contribution < -0.4 is 0 Å². The van der Waals surface area contributed by atoms with E-state index in [0.717, 1.165) is 16.6 Å². The molecule has 1 aromatic heterocycles. The molecule has 0 spiro atoms. The molecule has 0 N–H and O–H groups in total. The van der Waals surface area contributed by atoms with Crippen LogP contribution in [0.2, 0.25) is 5.02 Å². The van der Waals surface area contributed by atoms with Crippen LogP contribution in [0.4, 0.5) is 0 Å². The second-order valence-electron chi connectivity index (χ2n) is 4.03. The molecular formula is C12H10ClNO. The summed E-state index contributed by atoms with van der Waals surface area (Å²) in [5.74, 6) is 0. The summed E-state index contributed by atoms with van der Waals surface area (Å²) >= 11 is 6.19. The van der Waals surface area contributed by atoms with Crippen molar-refractivity contribution in [2.75, 3.05) is 6.61 Å². The SMILES string of the molecule is CC1(c2nc3ccccc3cc2Cl)CO1. The summed E-state index contributed by atoms with van der Waals surface area (Å²) in [6.45, 7) is 2.72. The fraction of sp³-hybridized carbons (Fsp3) is 0.250. The van der Waals surface area contributed by atoms with E-state index in [1.807, 2.05) is 37.3 Å². The van der Waals surface area contributed by atoms with Crippen LogP contribution in [-0.4, -0.2) is 11.6 Å². The highest BCUT2D eigenvalue weighted by atomic mass is 35.5. The fourth-order valence-corrected chi connectivity index (χ4v) is 2.07. The van der Waals surface area contributed by atoms with Crippen molar-refractivity contribution in [3.8, 4) is 0 Å². The average Bonchev–Trinajstić information content (AvgIpc) is 2.96. The van der Waals surface area contributed by atoms with Gasteiger partial charge < -0.3 is 4.74 Å². The summed E-state index contributed by atoms with van der Waals surface area (Å²) in [5.41, 5.74) is 1.55. The van der Waals surface area contributed by atoms with Crippen LogP contribution >= 0.6 is 11.6 Å². The Labute approximate surface area is 92.8 Å². The Kier molecular flexibility index (Phi) is 1.79. The van der Waals surface area contributed by atoms with Gasteiger partial charge in [0, 0.05) is 5.39 Å². The predicted octanol–water partition coefficient (Wildman–Crippen LogP) is 3.13. The van der Waals surface area contributed by atoms with Gasteiger partial charge in [0.15, 0.2) is 0 Å². The molecule has 0 amide bonds. The van der Waals surface area contributed by atoms with Gasteiger partial charge in [-0.3, -0.25) is 0 Å². The molecule has 0 bridgehead atoms. The molecule has 1 saturated heterocycles. The van der Waals surface area contributed by atoms with Gasteiger partial charge in [-0.25, -0.2) is 4.98 Å². The van der Waals surface area contributed by atoms with Gasteiger partial charge in [-0.15, -0.1) is 0 Å². The minimum Gasteiger partial charge on any atom is -0.363 e. The standard InChI is InChI=1S/C12H10ClNO/c1-12(7-15-12)11-9(13)6-8-4-2-3-5-10(8)14-11/h2-6H,7H2,1H3. The van der Waals surface area contributed by atoms with Crippen molar-refractivity contribution in [1.82, 2.24) is 4.98 Å². The molecular weight excluding hydrogens is 210 g/mol. The maximum atomic E-state index is 6.19. The first kappa shape index (κ1) is 9.13. The van der Waals surface area contributed by atoms with Crippen LogP contribution in [-0.2, 0) is 10.3 Å². The van der Waals surface area contributed by atoms with E-state index in [0.29, 0.717) is 11.6 Å². The van der Waals surface area contributed by atoms with Crippen LogP contribution in [0.5, 0.6) is 0 Å². The fourth-order valence-electron chi connectivity index (χ4n) is 1.71. The number of halogens is 1. The summed E-state index contributed by atoms with van der Waals surface area (Å²) in [5, 5.41) is 1.75. The second kappa shape index (κ2) is 2.94. The first-order valence-electron chi connectivity index (χ1n) is 4.89. The number of benzene rings is 1. The van der Waals surface area contributed by atoms with Crippen molar-refractivity contribution in [3.63, 3.8) is 0 Å². The average molecular weight is 220 g/mol. The highest BCUT2D eigenvalue weighted by molar-refractivity contribution is 6.32. The van der Waals surface area contributed by atoms with Crippen LogP contribution in [0.3, 0.4) is 0 Å². The van der Waals surface area contributed by atoms with Gasteiger partial charge in [-0.2, -0.15) is 0 Å². The van der Waals surface area contributed by atoms with E-state index >= 15 is 0 Å². The lowest BCUT2D eigenvalue weighted by molar-refractivity contribution is 0.324. The Morgan fingerprint density at radius 3 is 2.87 bits per heavy atom. The zero-order valence-corrected chi connectivity index (χ0v) is 9.08. The van der Waals surface area contributed by atoms with E-state index in [9.17, 15) is 0 Å². The van der Waals surface area contributed by atoms with Crippen molar-refractivity contribution in [2.45, 2.75) is 12.5 Å². The molecule has 3 heteroatoms. The highest BCUT2D eigenvalue weighted by Crippen LogP contribution is 2.41. The molecule has 2 nitrogen and oxygen atoms in total. The van der Waals surface area contributed by atoms with Crippen molar-refractivity contribution in [2.24, 2.45) is 0 Å². The maximum absolute atomic E-state index is 6.19. The van der Waals surface area contributed by atoms with E-state index in [4.69, 9.17) is 16.3 Å². The minimum absolute atomic E-state index is 0.263. The number of nitrogens with zero attached hydrogens (tertiary/aromatic N) is 1. The molecule has 1 aromatic carbocycles. The minimum atomic E-state index is -0.263. The summed E-state index contributed by atoms with van der Waals surface area (Å²) in [6.07, 6.45) is 0. The molecule has 76 valence electrons. The molecule has 1 aliphatic rings. The first-order chi connectivity index (χ1) is 7.19. The van der Waals surface area contributed by atoms with Gasteiger partial charge in [0.2, 0.25) is 0 Å². The molecule has 0 aliphatic carbocycles. The van der Waals surface area contributed by atoms with Gasteiger partial charge in [-0.05, 0) is 19.1 Å². The number of pyridine rings is 1. The van der Waals surface area contributed by atoms with E-state index in [1.54, 1.807) is 0 Å². The van der Waals surface area contributed by atoms with Crippen molar-refractivity contribution in [3.05, 3.63) is 41.0 Å². The maximum Gasteiger partial charge on any atom is 0.132 e. The van der Waals surface area contributed by atoms with Crippen molar-refractivity contribution < 1.29 is 4.74 Å². The van der Waals surface area contributed by atoms with Gasteiger partial charge >= 0.3 is 0 Å². The van der Waals surface area contributed by atoms with Crippen LogP contribution in [0.25, 0.3) is 10.9 Å². The molecule has 15 heavy (non-hydrogen) atoms. The van der Waals surface area contributed by atoms with Crippen LogP contribution in [0, 0.1) is 0 Å². The number of para-hydroxylation sites is 1. The summed E-state index contributed by atoms with van der Waals surface area (Å²) in [7, 11) is 0. The number of rotatable bonds is 1. The zero-order valence-electron chi connectivity index (χ0n) is 8.33. The second-order valence-corrected chi connectivity index (χ2v) is 4.44. The zero-order chi connectivity index (χ0) is 10.5. The largest absolute Gasteiger partial charge is 0.363 e. The predicted molar refractivity (Wildman–Crippen MR) is 60.1 cm³/mol. The number of aromatic nitrogens is 1. The number of fused-ring (bicyclic) bond motifs is 1. The number of hydrogen-bond acceptors (Lipinski definition) is 2. The van der Waals surface area contributed by atoms with Crippen molar-refractivity contribution >= 4 is 22.5 Å². The normalized spacial score (nSPS) is 24.4. The van der Waals surface area contributed by atoms with Gasteiger partial charge in [0.1, 0.15) is 5.60 Å². The van der Waals surface area contributed by atoms with E-state index in [-0.39, 0.29) is 5.60 Å². The Bertz CT molecular complexity index is 534. The Hall–Kier alpha value is -1.12. The Morgan fingerprint density at radius 1 is 1.40 bits per heavy atom. The molecule has 1 unspecified atom stereocenters. The highest BCUT2D eigenvalue weighted by Gasteiger charge is 2.44. The summed E-state index contributed by atoms with van der Waals surface area (Å²) in [4.78, 5) is 4.55. The smallest absolute Gasteiger partial charge is 0.132 e. The molecule has 1 aliphatic heterocycles. The third kappa shape index (κ3) is 1.41. The lowest BCUT2D eigenvalue weighted by atomic mass is 10.1. The number of ether oxygens (including phenoxy) is 1. The molecule has 0 saturated carbocycles. The van der Waals surface area contributed by atoms with E-state index < -0.39 is 0 Å². The monoisotopic (exact) mass is 219 g/mol. The number of epoxide rings is 1. The Balaban J connectivity index is 2.27.